The molecule has 0 amide bonds. The van der Waals surface area contributed by atoms with Gasteiger partial charge in [0.25, 0.3) is 0 Å². The second-order valence-corrected chi connectivity index (χ2v) is 6.72. The maximum atomic E-state index is 9.09. The topological polar surface area (TPSA) is 79.8 Å². The molecule has 2 aliphatic rings. The minimum Gasteiger partial charge on any atom is -0.340 e. The molecule has 25 heavy (non-hydrogen) atoms. The maximum Gasteiger partial charge on any atom is 0.225 e. The van der Waals surface area contributed by atoms with Gasteiger partial charge in [-0.3, -0.25) is 0 Å². The zero-order chi connectivity index (χ0) is 17.2. The first-order chi connectivity index (χ1) is 12.3. The average molecular weight is 330 g/mol. The van der Waals surface area contributed by atoms with Crippen molar-refractivity contribution in [1.29, 1.82) is 10.5 Å². The minimum atomic E-state index is 0.518. The molecule has 6 nitrogen and oxygen atoms in total. The number of aromatic nitrogens is 2. The summed E-state index contributed by atoms with van der Waals surface area (Å²) in [6.45, 7) is 3.58. The molecule has 1 unspecified atom stereocenters. The number of nitrogens with zero attached hydrogens (tertiary/aromatic N) is 6. The summed E-state index contributed by atoms with van der Waals surface area (Å²) in [6.07, 6.45) is 6.97. The van der Waals surface area contributed by atoms with Crippen LogP contribution in [0.2, 0.25) is 0 Å². The molecular weight excluding hydrogens is 312 g/mol. The number of nitriles is 2. The van der Waals surface area contributed by atoms with Crippen LogP contribution in [0.3, 0.4) is 0 Å². The Morgan fingerprint density at radius 1 is 1.00 bits per heavy atom. The Hall–Kier alpha value is -3.12. The highest BCUT2D eigenvalue weighted by Gasteiger charge is 2.37. The molecule has 2 aliphatic heterocycles. The lowest BCUT2D eigenvalue weighted by molar-refractivity contribution is 0.207. The zero-order valence-corrected chi connectivity index (χ0v) is 13.8. The fourth-order valence-electron chi connectivity index (χ4n) is 3.82. The predicted octanol–water partition coefficient (Wildman–Crippen LogP) is 2.25. The number of fused-ring (bicyclic) bond motifs is 1. The molecule has 2 atom stereocenters. The van der Waals surface area contributed by atoms with Gasteiger partial charge in [-0.05, 0) is 36.0 Å². The van der Waals surface area contributed by atoms with Gasteiger partial charge in [0.15, 0.2) is 6.19 Å². The van der Waals surface area contributed by atoms with Gasteiger partial charge in [0.05, 0.1) is 11.6 Å². The molecule has 2 saturated heterocycles. The van der Waals surface area contributed by atoms with E-state index < -0.39 is 0 Å². The monoisotopic (exact) mass is 330 g/mol. The first kappa shape index (κ1) is 15.4. The van der Waals surface area contributed by atoms with Crippen LogP contribution in [0.1, 0.15) is 12.0 Å². The first-order valence-electron chi connectivity index (χ1n) is 8.49. The second-order valence-electron chi connectivity index (χ2n) is 6.72. The summed E-state index contributed by atoms with van der Waals surface area (Å²) in [7, 11) is 0. The number of hydrogen-bond donors (Lipinski definition) is 0. The molecule has 4 rings (SSSR count). The van der Waals surface area contributed by atoms with Crippen molar-refractivity contribution in [3.8, 4) is 23.4 Å². The molecule has 6 heteroatoms. The van der Waals surface area contributed by atoms with E-state index in [4.69, 9.17) is 10.5 Å². The molecule has 0 saturated carbocycles. The number of hydrogen-bond acceptors (Lipinski definition) is 6. The zero-order valence-electron chi connectivity index (χ0n) is 13.8. The van der Waals surface area contributed by atoms with Crippen molar-refractivity contribution in [2.45, 2.75) is 6.42 Å². The predicted molar refractivity (Wildman–Crippen MR) is 93.2 cm³/mol. The molecule has 2 aromatic rings. The Balaban J connectivity index is 1.50. The van der Waals surface area contributed by atoms with E-state index in [0.29, 0.717) is 17.4 Å². The Morgan fingerprint density at radius 2 is 1.80 bits per heavy atom. The van der Waals surface area contributed by atoms with E-state index in [1.165, 1.54) is 0 Å². The molecule has 0 radical (unpaired) electrons. The van der Waals surface area contributed by atoms with Crippen molar-refractivity contribution in [3.63, 3.8) is 0 Å². The van der Waals surface area contributed by atoms with Gasteiger partial charge in [0, 0.05) is 44.1 Å². The number of rotatable bonds is 2. The third-order valence-corrected chi connectivity index (χ3v) is 5.19. The van der Waals surface area contributed by atoms with Gasteiger partial charge in [-0.2, -0.15) is 10.5 Å². The highest BCUT2D eigenvalue weighted by Crippen LogP contribution is 2.32. The van der Waals surface area contributed by atoms with E-state index in [9.17, 15) is 0 Å². The lowest BCUT2D eigenvalue weighted by atomic mass is 9.89. The van der Waals surface area contributed by atoms with Crippen molar-refractivity contribution in [3.05, 3.63) is 42.2 Å². The van der Waals surface area contributed by atoms with Gasteiger partial charge in [-0.1, -0.05) is 12.1 Å². The highest BCUT2D eigenvalue weighted by atomic mass is 15.3. The summed E-state index contributed by atoms with van der Waals surface area (Å²) in [6, 6.07) is 9.61. The van der Waals surface area contributed by atoms with Crippen LogP contribution in [0, 0.1) is 34.6 Å². The third-order valence-electron chi connectivity index (χ3n) is 5.19. The lowest BCUT2D eigenvalue weighted by Crippen LogP contribution is -2.36. The van der Waals surface area contributed by atoms with Crippen LogP contribution in [0.5, 0.6) is 0 Å². The summed E-state index contributed by atoms with van der Waals surface area (Å²) in [5.41, 5.74) is 2.49. The van der Waals surface area contributed by atoms with Crippen LogP contribution < -0.4 is 4.90 Å². The first-order valence-corrected chi connectivity index (χ1v) is 8.49. The van der Waals surface area contributed by atoms with Crippen molar-refractivity contribution in [1.82, 2.24) is 14.9 Å². The molecule has 0 N–H and O–H groups in total. The van der Waals surface area contributed by atoms with E-state index in [-0.39, 0.29) is 0 Å². The van der Waals surface area contributed by atoms with Gasteiger partial charge >= 0.3 is 0 Å². The van der Waals surface area contributed by atoms with E-state index in [1.807, 2.05) is 35.5 Å². The number of likely N-dealkylation sites (tertiary alicyclic amines) is 1. The van der Waals surface area contributed by atoms with Crippen LogP contribution >= 0.6 is 0 Å². The van der Waals surface area contributed by atoms with Gasteiger partial charge in [0.2, 0.25) is 5.95 Å². The molecule has 3 heterocycles. The SMILES string of the molecule is N#Cc1cccc(-c2cnc(N3CC4CCN(C#N)C[C@@H]4C3)nc2)c1. The Labute approximate surface area is 147 Å². The molecule has 1 aromatic heterocycles. The minimum absolute atomic E-state index is 0.518. The Bertz CT molecular complexity index is 847. The lowest BCUT2D eigenvalue weighted by Gasteiger charge is -2.30. The van der Waals surface area contributed by atoms with Crippen LogP contribution in [-0.2, 0) is 0 Å². The van der Waals surface area contributed by atoms with Gasteiger partial charge in [0.1, 0.15) is 0 Å². The molecular formula is C19H18N6. The van der Waals surface area contributed by atoms with Crippen molar-refractivity contribution in [2.75, 3.05) is 31.1 Å². The summed E-state index contributed by atoms with van der Waals surface area (Å²) < 4.78 is 0. The van der Waals surface area contributed by atoms with Crippen LogP contribution in [0.25, 0.3) is 11.1 Å². The summed E-state index contributed by atoms with van der Waals surface area (Å²) in [5, 5.41) is 18.1. The van der Waals surface area contributed by atoms with Gasteiger partial charge in [-0.25, -0.2) is 9.97 Å². The Morgan fingerprint density at radius 3 is 2.56 bits per heavy atom. The largest absolute Gasteiger partial charge is 0.340 e. The van der Waals surface area contributed by atoms with Crippen molar-refractivity contribution in [2.24, 2.45) is 11.8 Å². The number of anilines is 1. The highest BCUT2D eigenvalue weighted by molar-refractivity contribution is 5.64. The van der Waals surface area contributed by atoms with Gasteiger partial charge in [-0.15, -0.1) is 0 Å². The fraction of sp³-hybridized carbons (Fsp3) is 0.368. The Kier molecular flexibility index (Phi) is 3.95. The standard InChI is InChI=1S/C19H18N6/c20-7-14-2-1-3-15(6-14)17-8-22-19(23-9-17)25-11-16-4-5-24(13-21)10-18(16)12-25/h1-3,6,8-9,16,18H,4-5,10-12H2/t16?,18-/m1/s1. The summed E-state index contributed by atoms with van der Waals surface area (Å²) in [4.78, 5) is 13.2. The van der Waals surface area contributed by atoms with Crippen molar-refractivity contribution < 1.29 is 0 Å². The second kappa shape index (κ2) is 6.41. The quantitative estimate of drug-likeness (QED) is 0.786. The van der Waals surface area contributed by atoms with Crippen LogP contribution in [-0.4, -0.2) is 41.0 Å². The third kappa shape index (κ3) is 2.99. The smallest absolute Gasteiger partial charge is 0.225 e. The van der Waals surface area contributed by atoms with Gasteiger partial charge < -0.3 is 9.80 Å². The molecule has 0 aliphatic carbocycles. The van der Waals surface area contributed by atoms with Crippen molar-refractivity contribution >= 4 is 5.95 Å². The molecule has 0 bridgehead atoms. The summed E-state index contributed by atoms with van der Waals surface area (Å²) in [5.74, 6) is 1.89. The molecule has 2 fully saturated rings. The summed E-state index contributed by atoms with van der Waals surface area (Å²) >= 11 is 0. The normalized spacial score (nSPS) is 22.2. The molecule has 0 spiro atoms. The number of piperidine rings is 1. The van der Waals surface area contributed by atoms with Crippen LogP contribution in [0.4, 0.5) is 5.95 Å². The van der Waals surface area contributed by atoms with E-state index >= 15 is 0 Å². The fourth-order valence-corrected chi connectivity index (χ4v) is 3.82. The average Bonchev–Trinajstić information content (AvgIpc) is 3.11. The van der Waals surface area contributed by atoms with E-state index in [2.05, 4.69) is 27.1 Å². The number of benzene rings is 1. The van der Waals surface area contributed by atoms with Crippen LogP contribution in [0.15, 0.2) is 36.7 Å². The maximum absolute atomic E-state index is 9.09. The van der Waals surface area contributed by atoms with E-state index in [1.54, 1.807) is 6.07 Å². The van der Waals surface area contributed by atoms with E-state index in [0.717, 1.165) is 49.7 Å². The molecule has 124 valence electrons. The molecule has 1 aromatic carbocycles.